The van der Waals surface area contributed by atoms with Crippen LogP contribution in [0.25, 0.3) is 0 Å². The molecule has 1 atom stereocenters. The topological polar surface area (TPSA) is 54.4 Å². The molecule has 0 radical (unpaired) electrons. The van der Waals surface area contributed by atoms with E-state index in [0.717, 1.165) is 38.3 Å². The summed E-state index contributed by atoms with van der Waals surface area (Å²) in [5, 5.41) is 10.5. The molecule has 6 nitrogen and oxygen atoms in total. The van der Waals surface area contributed by atoms with E-state index in [9.17, 15) is 5.11 Å². The lowest BCUT2D eigenvalue weighted by atomic mass is 9.94. The molecule has 0 amide bonds. The van der Waals surface area contributed by atoms with Crippen molar-refractivity contribution in [3.63, 3.8) is 0 Å². The van der Waals surface area contributed by atoms with Gasteiger partial charge in [0, 0.05) is 38.4 Å². The van der Waals surface area contributed by atoms with E-state index in [1.807, 2.05) is 12.1 Å². The van der Waals surface area contributed by atoms with Crippen molar-refractivity contribution in [2.75, 3.05) is 47.6 Å². The van der Waals surface area contributed by atoms with E-state index in [-0.39, 0.29) is 6.61 Å². The molecule has 2 fully saturated rings. The number of hydrogen-bond acceptors (Lipinski definition) is 6. The molecule has 2 aliphatic rings. The lowest BCUT2D eigenvalue weighted by molar-refractivity contribution is 0.0406. The number of aliphatic hydroxyl groups is 1. The van der Waals surface area contributed by atoms with Crippen LogP contribution >= 0.6 is 0 Å². The van der Waals surface area contributed by atoms with Crippen LogP contribution in [0, 0.1) is 0 Å². The van der Waals surface area contributed by atoms with Gasteiger partial charge < -0.3 is 24.2 Å². The molecular weight excluding hydrogens is 380 g/mol. The van der Waals surface area contributed by atoms with Gasteiger partial charge in [-0.3, -0.25) is 4.90 Å². The monoisotopic (exact) mass is 420 g/mol. The maximum absolute atomic E-state index is 10.5. The predicted molar refractivity (Wildman–Crippen MR) is 119 cm³/mol. The number of hydrogen-bond donors (Lipinski definition) is 1. The fourth-order valence-corrected chi connectivity index (χ4v) is 4.71. The Labute approximate surface area is 182 Å². The van der Waals surface area contributed by atoms with Crippen molar-refractivity contribution >= 4 is 0 Å². The highest BCUT2D eigenvalue weighted by Gasteiger charge is 2.21. The van der Waals surface area contributed by atoms with Crippen molar-refractivity contribution in [2.45, 2.75) is 69.7 Å². The third-order valence-corrected chi connectivity index (χ3v) is 6.60. The van der Waals surface area contributed by atoms with Crippen molar-refractivity contribution in [3.05, 3.63) is 23.8 Å². The number of nitrogens with zero attached hydrogens (tertiary/aromatic N) is 2. The minimum absolute atomic E-state index is 0.273. The Bertz CT molecular complexity index is 630. The Hall–Kier alpha value is -1.34. The second kappa shape index (κ2) is 11.9. The van der Waals surface area contributed by atoms with Gasteiger partial charge in [0.15, 0.2) is 11.5 Å². The van der Waals surface area contributed by atoms with Crippen molar-refractivity contribution in [1.82, 2.24) is 9.80 Å². The zero-order valence-electron chi connectivity index (χ0n) is 19.0. The lowest BCUT2D eigenvalue weighted by Crippen LogP contribution is -2.40. The number of ether oxygens (including phenoxy) is 3. The van der Waals surface area contributed by atoms with Gasteiger partial charge in [-0.05, 0) is 57.5 Å². The van der Waals surface area contributed by atoms with E-state index < -0.39 is 6.10 Å². The third kappa shape index (κ3) is 6.84. The molecule has 30 heavy (non-hydrogen) atoms. The van der Waals surface area contributed by atoms with Gasteiger partial charge in [0.2, 0.25) is 0 Å². The van der Waals surface area contributed by atoms with E-state index in [1.165, 1.54) is 37.7 Å². The second-order valence-corrected chi connectivity index (χ2v) is 8.94. The largest absolute Gasteiger partial charge is 0.493 e. The number of rotatable bonds is 10. The van der Waals surface area contributed by atoms with Crippen LogP contribution < -0.4 is 9.47 Å². The molecule has 0 unspecified atom stereocenters. The summed E-state index contributed by atoms with van der Waals surface area (Å²) >= 11 is 0. The fraction of sp³-hybridized carbons (Fsp3) is 0.750. The molecule has 6 heteroatoms. The summed E-state index contributed by atoms with van der Waals surface area (Å²) in [4.78, 5) is 4.68. The van der Waals surface area contributed by atoms with Gasteiger partial charge in [0.1, 0.15) is 12.7 Å². The average molecular weight is 421 g/mol. The summed E-state index contributed by atoms with van der Waals surface area (Å²) in [7, 11) is 5.96. The molecule has 3 rings (SSSR count). The van der Waals surface area contributed by atoms with Gasteiger partial charge in [0.25, 0.3) is 0 Å². The molecular formula is C24H40N2O4. The van der Waals surface area contributed by atoms with E-state index in [0.29, 0.717) is 24.4 Å². The van der Waals surface area contributed by atoms with Gasteiger partial charge in [0.05, 0.1) is 7.11 Å². The Kier molecular flexibility index (Phi) is 9.25. The Morgan fingerprint density at radius 1 is 1.00 bits per heavy atom. The van der Waals surface area contributed by atoms with Crippen molar-refractivity contribution < 1.29 is 19.3 Å². The quantitative estimate of drug-likeness (QED) is 0.627. The molecule has 0 aromatic heterocycles. The molecule has 170 valence electrons. The van der Waals surface area contributed by atoms with Gasteiger partial charge in [-0.25, -0.2) is 0 Å². The summed E-state index contributed by atoms with van der Waals surface area (Å²) < 4.78 is 17.0. The van der Waals surface area contributed by atoms with E-state index in [4.69, 9.17) is 14.2 Å². The molecule has 0 spiro atoms. The third-order valence-electron chi connectivity index (χ3n) is 6.60. The summed E-state index contributed by atoms with van der Waals surface area (Å²) in [6, 6.07) is 7.26. The Morgan fingerprint density at radius 2 is 1.70 bits per heavy atom. The first-order valence-corrected chi connectivity index (χ1v) is 11.5. The molecule has 0 bridgehead atoms. The zero-order valence-corrected chi connectivity index (χ0v) is 19.0. The lowest BCUT2D eigenvalue weighted by Gasteiger charge is -2.32. The van der Waals surface area contributed by atoms with Crippen molar-refractivity contribution in [1.29, 1.82) is 0 Å². The summed E-state index contributed by atoms with van der Waals surface area (Å²) in [6.07, 6.45) is 8.08. The smallest absolute Gasteiger partial charge is 0.161 e. The molecule has 1 aromatic rings. The van der Waals surface area contributed by atoms with Crippen LogP contribution in [-0.2, 0) is 11.3 Å². The highest BCUT2D eigenvalue weighted by Crippen LogP contribution is 2.29. The van der Waals surface area contributed by atoms with Crippen LogP contribution in [0.3, 0.4) is 0 Å². The molecule has 1 aliphatic carbocycles. The van der Waals surface area contributed by atoms with E-state index >= 15 is 0 Å². The summed E-state index contributed by atoms with van der Waals surface area (Å²) in [5.74, 6) is 1.41. The first kappa shape index (κ1) is 23.3. The van der Waals surface area contributed by atoms with Gasteiger partial charge in [-0.1, -0.05) is 25.3 Å². The minimum atomic E-state index is -0.513. The second-order valence-electron chi connectivity index (χ2n) is 8.94. The van der Waals surface area contributed by atoms with Crippen LogP contribution in [0.15, 0.2) is 18.2 Å². The number of likely N-dealkylation sites (N-methyl/N-ethyl adjacent to an activating group) is 1. The summed E-state index contributed by atoms with van der Waals surface area (Å²) in [5.41, 5.74) is 1.20. The first-order valence-electron chi connectivity index (χ1n) is 11.5. The molecule has 1 N–H and O–H groups in total. The van der Waals surface area contributed by atoms with Crippen LogP contribution in [0.5, 0.6) is 11.5 Å². The highest BCUT2D eigenvalue weighted by atomic mass is 16.5. The van der Waals surface area contributed by atoms with Gasteiger partial charge >= 0.3 is 0 Å². The van der Waals surface area contributed by atoms with Gasteiger partial charge in [-0.15, -0.1) is 0 Å². The predicted octanol–water partition coefficient (Wildman–Crippen LogP) is 3.31. The number of benzene rings is 1. The van der Waals surface area contributed by atoms with Crippen molar-refractivity contribution in [3.8, 4) is 11.5 Å². The SMILES string of the molecule is COc1cc(CN(C)C2CCOCC2)ccc1OC[C@H](O)CN(C)C1CCCCC1. The number of aliphatic hydroxyl groups excluding tert-OH is 1. The van der Waals surface area contributed by atoms with Crippen LogP contribution in [0.1, 0.15) is 50.5 Å². The Balaban J connectivity index is 1.49. The number of methoxy groups -OCH3 is 1. The van der Waals surface area contributed by atoms with Crippen LogP contribution in [0.4, 0.5) is 0 Å². The van der Waals surface area contributed by atoms with E-state index in [1.54, 1.807) is 7.11 Å². The molecule has 1 aromatic carbocycles. The standard InChI is InChI=1S/C24H40N2O4/c1-25(21-11-13-29-14-12-21)16-19-9-10-23(24(15-19)28-3)30-18-22(27)17-26(2)20-7-5-4-6-8-20/h9-10,15,20-22,27H,4-8,11-14,16-18H2,1-3H3/t22-/m1/s1. The van der Waals surface area contributed by atoms with Crippen LogP contribution in [0.2, 0.25) is 0 Å². The first-order chi connectivity index (χ1) is 14.6. The van der Waals surface area contributed by atoms with Crippen LogP contribution in [-0.4, -0.2) is 80.7 Å². The highest BCUT2D eigenvalue weighted by molar-refractivity contribution is 5.43. The van der Waals surface area contributed by atoms with E-state index in [2.05, 4.69) is 30.0 Å². The molecule has 1 saturated carbocycles. The average Bonchev–Trinajstić information content (AvgIpc) is 2.79. The minimum Gasteiger partial charge on any atom is -0.493 e. The molecule has 1 aliphatic heterocycles. The Morgan fingerprint density at radius 3 is 2.40 bits per heavy atom. The fourth-order valence-electron chi connectivity index (χ4n) is 4.71. The summed E-state index contributed by atoms with van der Waals surface area (Å²) in [6.45, 7) is 3.48. The maximum atomic E-state index is 10.5. The normalized spacial score (nSPS) is 19.9. The molecule has 1 saturated heterocycles. The zero-order chi connectivity index (χ0) is 21.3. The van der Waals surface area contributed by atoms with Crippen molar-refractivity contribution in [2.24, 2.45) is 0 Å². The van der Waals surface area contributed by atoms with Gasteiger partial charge in [-0.2, -0.15) is 0 Å². The molecule has 1 heterocycles. The maximum Gasteiger partial charge on any atom is 0.161 e.